The Labute approximate surface area is 126 Å². The minimum atomic E-state index is -0.885. The molecule has 0 spiro atoms. The molecule has 1 aliphatic rings. The third-order valence-electron chi connectivity index (χ3n) is 3.68. The predicted octanol–water partition coefficient (Wildman–Crippen LogP) is 1.76. The Kier molecular flexibility index (Phi) is 3.79. The molecule has 0 saturated carbocycles. The molecule has 0 aliphatic carbocycles. The van der Waals surface area contributed by atoms with Crippen LogP contribution in [0.25, 0.3) is 11.1 Å². The topological polar surface area (TPSA) is 87.5 Å². The number of carbonyl (C=O) groups excluding carboxylic acids is 1. The summed E-state index contributed by atoms with van der Waals surface area (Å²) in [5.41, 5.74) is 0.873. The lowest BCUT2D eigenvalue weighted by Crippen LogP contribution is -2.46. The number of fused-ring (bicyclic) bond motifs is 1. The lowest BCUT2D eigenvalue weighted by molar-refractivity contribution is -0.0605. The average Bonchev–Trinajstić information content (AvgIpc) is 2.84. The van der Waals surface area contributed by atoms with E-state index in [1.807, 2.05) is 0 Å². The largest absolute Gasteiger partial charge is 0.429 e. The van der Waals surface area contributed by atoms with Gasteiger partial charge in [-0.1, -0.05) is 0 Å². The second-order valence-electron chi connectivity index (χ2n) is 5.24. The number of hydrogen-bond donors (Lipinski definition) is 3. The summed E-state index contributed by atoms with van der Waals surface area (Å²) in [6.45, 7) is 1.24. The summed E-state index contributed by atoms with van der Waals surface area (Å²) in [5, 5.41) is 13.1. The van der Waals surface area contributed by atoms with Crippen molar-refractivity contribution in [2.75, 3.05) is 19.8 Å². The highest BCUT2D eigenvalue weighted by atomic mass is 32.1. The van der Waals surface area contributed by atoms with Crippen molar-refractivity contribution in [2.24, 2.45) is 0 Å². The molecule has 1 aromatic carbocycles. The minimum Gasteiger partial charge on any atom is -0.429 e. The standard InChI is InChI=1S/C14H16N2O4S/c17-12(15-8-14(18)3-5-19-6-4-14)9-1-2-10-11(7-9)20-13(21)16-10/h1-2,7,18H,3-6,8H2,(H,15,17)(H,16,21). The van der Waals surface area contributed by atoms with Crippen LogP contribution >= 0.6 is 12.2 Å². The Hall–Kier alpha value is -1.70. The summed E-state index contributed by atoms with van der Waals surface area (Å²) in [7, 11) is 0. The summed E-state index contributed by atoms with van der Waals surface area (Å²) < 4.78 is 10.5. The van der Waals surface area contributed by atoms with Crippen LogP contribution in [0.1, 0.15) is 23.2 Å². The van der Waals surface area contributed by atoms with Crippen LogP contribution in [0.5, 0.6) is 0 Å². The molecule has 0 unspecified atom stereocenters. The van der Waals surface area contributed by atoms with Gasteiger partial charge in [-0.25, -0.2) is 0 Å². The van der Waals surface area contributed by atoms with Crippen molar-refractivity contribution >= 4 is 29.2 Å². The van der Waals surface area contributed by atoms with Crippen LogP contribution in [0, 0.1) is 4.84 Å². The summed E-state index contributed by atoms with van der Waals surface area (Å²) in [4.78, 5) is 15.3. The maximum atomic E-state index is 12.1. The molecule has 0 bridgehead atoms. The maximum Gasteiger partial charge on any atom is 0.266 e. The Morgan fingerprint density at radius 3 is 2.95 bits per heavy atom. The van der Waals surface area contributed by atoms with Gasteiger partial charge in [0, 0.05) is 38.2 Å². The Morgan fingerprint density at radius 1 is 1.43 bits per heavy atom. The highest BCUT2D eigenvalue weighted by Crippen LogP contribution is 2.20. The number of rotatable bonds is 3. The van der Waals surface area contributed by atoms with Gasteiger partial charge in [0.05, 0.1) is 11.1 Å². The first kappa shape index (κ1) is 14.2. The summed E-state index contributed by atoms with van der Waals surface area (Å²) in [5.74, 6) is -0.251. The van der Waals surface area contributed by atoms with Crippen molar-refractivity contribution in [1.82, 2.24) is 10.3 Å². The number of hydrogen-bond acceptors (Lipinski definition) is 5. The van der Waals surface area contributed by atoms with Gasteiger partial charge >= 0.3 is 0 Å². The second-order valence-corrected chi connectivity index (χ2v) is 5.62. The predicted molar refractivity (Wildman–Crippen MR) is 78.7 cm³/mol. The van der Waals surface area contributed by atoms with Gasteiger partial charge in [-0.15, -0.1) is 0 Å². The minimum absolute atomic E-state index is 0.212. The number of carbonyl (C=O) groups is 1. The van der Waals surface area contributed by atoms with Gasteiger partial charge in [-0.2, -0.15) is 0 Å². The Balaban J connectivity index is 1.70. The zero-order valence-electron chi connectivity index (χ0n) is 11.3. The smallest absolute Gasteiger partial charge is 0.266 e. The lowest BCUT2D eigenvalue weighted by Gasteiger charge is -2.32. The molecular weight excluding hydrogens is 292 g/mol. The molecule has 6 nitrogen and oxygen atoms in total. The van der Waals surface area contributed by atoms with E-state index in [0.717, 1.165) is 5.52 Å². The molecule has 1 aliphatic heterocycles. The number of oxazole rings is 1. The van der Waals surface area contributed by atoms with Crippen molar-refractivity contribution in [3.05, 3.63) is 28.6 Å². The number of aromatic nitrogens is 1. The molecule has 1 amide bonds. The number of H-pyrrole nitrogens is 1. The van der Waals surface area contributed by atoms with E-state index in [9.17, 15) is 9.90 Å². The van der Waals surface area contributed by atoms with Crippen molar-refractivity contribution in [1.29, 1.82) is 0 Å². The lowest BCUT2D eigenvalue weighted by atomic mass is 9.94. The van der Waals surface area contributed by atoms with Crippen LogP contribution in [0.3, 0.4) is 0 Å². The van der Waals surface area contributed by atoms with E-state index < -0.39 is 5.60 Å². The number of aromatic amines is 1. The second kappa shape index (κ2) is 5.59. The van der Waals surface area contributed by atoms with Crippen LogP contribution in [-0.2, 0) is 4.74 Å². The van der Waals surface area contributed by atoms with Crippen molar-refractivity contribution < 1.29 is 19.1 Å². The first-order chi connectivity index (χ1) is 10.1. The highest BCUT2D eigenvalue weighted by molar-refractivity contribution is 7.71. The van der Waals surface area contributed by atoms with Crippen LogP contribution < -0.4 is 5.32 Å². The van der Waals surface area contributed by atoms with Crippen molar-refractivity contribution in [3.63, 3.8) is 0 Å². The molecule has 0 atom stereocenters. The van der Waals surface area contributed by atoms with Crippen LogP contribution in [0.15, 0.2) is 22.6 Å². The summed E-state index contributed by atoms with van der Waals surface area (Å²) in [6, 6.07) is 5.06. The highest BCUT2D eigenvalue weighted by Gasteiger charge is 2.30. The first-order valence-electron chi connectivity index (χ1n) is 6.77. The third kappa shape index (κ3) is 3.15. The fraction of sp³-hybridized carbons (Fsp3) is 0.429. The average molecular weight is 308 g/mol. The number of benzene rings is 1. The van der Waals surface area contributed by atoms with E-state index in [4.69, 9.17) is 21.4 Å². The quantitative estimate of drug-likeness (QED) is 0.752. The molecule has 0 radical (unpaired) electrons. The van der Waals surface area contributed by atoms with Crippen molar-refractivity contribution in [3.8, 4) is 0 Å². The third-order valence-corrected chi connectivity index (χ3v) is 3.87. The Morgan fingerprint density at radius 2 is 2.19 bits per heavy atom. The molecule has 2 heterocycles. The molecular formula is C14H16N2O4S. The molecule has 3 N–H and O–H groups in total. The van der Waals surface area contributed by atoms with E-state index in [-0.39, 0.29) is 17.3 Å². The van der Waals surface area contributed by atoms with Gasteiger partial charge in [0.2, 0.25) is 0 Å². The monoisotopic (exact) mass is 308 g/mol. The SMILES string of the molecule is O=C(NCC1(O)CCOCC1)c1ccc2[nH]c(=S)oc2c1. The van der Waals surface area contributed by atoms with E-state index >= 15 is 0 Å². The van der Waals surface area contributed by atoms with Gasteiger partial charge in [0.25, 0.3) is 10.7 Å². The molecule has 21 heavy (non-hydrogen) atoms. The van der Waals surface area contributed by atoms with Gasteiger partial charge in [0.15, 0.2) is 5.58 Å². The van der Waals surface area contributed by atoms with E-state index in [1.54, 1.807) is 18.2 Å². The maximum absolute atomic E-state index is 12.1. The van der Waals surface area contributed by atoms with E-state index in [1.165, 1.54) is 0 Å². The molecule has 1 aromatic heterocycles. The Bertz CT molecular complexity index is 715. The summed E-state index contributed by atoms with van der Waals surface area (Å²) in [6.07, 6.45) is 1.05. The number of amides is 1. The molecule has 2 aromatic rings. The number of aliphatic hydroxyl groups is 1. The first-order valence-corrected chi connectivity index (χ1v) is 7.18. The van der Waals surface area contributed by atoms with Crippen LogP contribution in [0.2, 0.25) is 0 Å². The fourth-order valence-corrected chi connectivity index (χ4v) is 2.56. The fourth-order valence-electron chi connectivity index (χ4n) is 2.36. The van der Waals surface area contributed by atoms with E-state index in [2.05, 4.69) is 10.3 Å². The molecule has 1 saturated heterocycles. The molecule has 3 rings (SSSR count). The molecule has 7 heteroatoms. The number of ether oxygens (including phenoxy) is 1. The van der Waals surface area contributed by atoms with Crippen LogP contribution in [-0.4, -0.2) is 41.4 Å². The molecule has 112 valence electrons. The normalized spacial score (nSPS) is 17.8. The van der Waals surface area contributed by atoms with Crippen LogP contribution in [0.4, 0.5) is 0 Å². The van der Waals surface area contributed by atoms with Gasteiger partial charge in [-0.05, 0) is 30.4 Å². The molecule has 1 fully saturated rings. The van der Waals surface area contributed by atoms with E-state index in [0.29, 0.717) is 37.2 Å². The van der Waals surface area contributed by atoms with Gasteiger partial charge < -0.3 is 24.6 Å². The zero-order chi connectivity index (χ0) is 14.9. The number of nitrogens with one attached hydrogen (secondary N) is 2. The zero-order valence-corrected chi connectivity index (χ0v) is 12.2. The van der Waals surface area contributed by atoms with Crippen molar-refractivity contribution in [2.45, 2.75) is 18.4 Å². The van der Waals surface area contributed by atoms with Gasteiger partial charge in [0.1, 0.15) is 0 Å². The summed E-state index contributed by atoms with van der Waals surface area (Å²) >= 11 is 4.91. The van der Waals surface area contributed by atoms with Gasteiger partial charge in [-0.3, -0.25) is 4.79 Å².